The van der Waals surface area contributed by atoms with Crippen molar-refractivity contribution in [3.8, 4) is 0 Å². The quantitative estimate of drug-likeness (QED) is 0.835. The summed E-state index contributed by atoms with van der Waals surface area (Å²) in [5, 5.41) is 6.61. The molecule has 1 aliphatic carbocycles. The second-order valence-electron chi connectivity index (χ2n) is 4.91. The lowest BCUT2D eigenvalue weighted by Crippen LogP contribution is -2.46. The maximum absolute atomic E-state index is 12.1. The van der Waals surface area contributed by atoms with Crippen LogP contribution in [0.2, 0.25) is 0 Å². The molecule has 17 heavy (non-hydrogen) atoms. The third-order valence-corrected chi connectivity index (χ3v) is 4.18. The second-order valence-corrected chi connectivity index (χ2v) is 5.83. The van der Waals surface area contributed by atoms with Crippen LogP contribution in [0.1, 0.15) is 37.3 Å². The second kappa shape index (κ2) is 4.10. The largest absolute Gasteiger partial charge is 0.336 e. The van der Waals surface area contributed by atoms with Crippen LogP contribution in [0.3, 0.4) is 0 Å². The summed E-state index contributed by atoms with van der Waals surface area (Å²) < 4.78 is 1.01. The van der Waals surface area contributed by atoms with Crippen molar-refractivity contribution in [2.24, 2.45) is 0 Å². The molecule has 90 valence electrons. The fraction of sp³-hybridized carbons (Fsp3) is 0.462. The van der Waals surface area contributed by atoms with E-state index in [0.29, 0.717) is 0 Å². The van der Waals surface area contributed by atoms with Crippen molar-refractivity contribution in [3.05, 3.63) is 34.3 Å². The zero-order valence-corrected chi connectivity index (χ0v) is 11.1. The van der Waals surface area contributed by atoms with E-state index in [1.54, 1.807) is 0 Å². The summed E-state index contributed by atoms with van der Waals surface area (Å²) >= 11 is 3.44. The van der Waals surface area contributed by atoms with Gasteiger partial charge in [-0.05, 0) is 43.4 Å². The van der Waals surface area contributed by atoms with Gasteiger partial charge < -0.3 is 5.32 Å². The van der Waals surface area contributed by atoms with E-state index in [-0.39, 0.29) is 17.6 Å². The van der Waals surface area contributed by atoms with E-state index in [1.807, 2.05) is 24.3 Å². The van der Waals surface area contributed by atoms with Gasteiger partial charge in [0, 0.05) is 4.47 Å². The maximum atomic E-state index is 12.1. The fourth-order valence-electron chi connectivity index (χ4n) is 2.85. The van der Waals surface area contributed by atoms with Crippen LogP contribution >= 0.6 is 15.9 Å². The minimum absolute atomic E-state index is 0.102. The highest BCUT2D eigenvalue weighted by Gasteiger charge is 2.45. The Morgan fingerprint density at radius 3 is 2.76 bits per heavy atom. The third-order valence-electron chi connectivity index (χ3n) is 3.68. The van der Waals surface area contributed by atoms with Crippen LogP contribution in [0.25, 0.3) is 0 Å². The van der Waals surface area contributed by atoms with Gasteiger partial charge in [0.25, 0.3) is 0 Å². The number of benzene rings is 1. The molecule has 1 aliphatic heterocycles. The van der Waals surface area contributed by atoms with Gasteiger partial charge in [-0.1, -0.05) is 28.1 Å². The van der Waals surface area contributed by atoms with E-state index >= 15 is 0 Å². The Morgan fingerprint density at radius 1 is 1.29 bits per heavy atom. The average Bonchev–Trinajstić information content (AvgIpc) is 2.87. The molecule has 1 atom stereocenters. The highest BCUT2D eigenvalue weighted by molar-refractivity contribution is 9.10. The van der Waals surface area contributed by atoms with Crippen LogP contribution in [0, 0.1) is 0 Å². The number of carbonyl (C=O) groups excluding carboxylic acids is 1. The first-order chi connectivity index (χ1) is 8.19. The summed E-state index contributed by atoms with van der Waals surface area (Å²) in [6.45, 7) is 0. The Kier molecular flexibility index (Phi) is 2.71. The van der Waals surface area contributed by atoms with Gasteiger partial charge in [-0.3, -0.25) is 10.1 Å². The first kappa shape index (κ1) is 11.2. The predicted octanol–water partition coefficient (Wildman–Crippen LogP) is 2.48. The topological polar surface area (TPSA) is 41.1 Å². The minimum Gasteiger partial charge on any atom is -0.336 e. The minimum atomic E-state index is -0.203. The summed E-state index contributed by atoms with van der Waals surface area (Å²) in [7, 11) is 0. The van der Waals surface area contributed by atoms with Crippen LogP contribution in [0.5, 0.6) is 0 Å². The van der Waals surface area contributed by atoms with Gasteiger partial charge in [0.15, 0.2) is 0 Å². The van der Waals surface area contributed by atoms with Gasteiger partial charge in [0.05, 0.1) is 5.66 Å². The van der Waals surface area contributed by atoms with Crippen molar-refractivity contribution in [1.29, 1.82) is 0 Å². The van der Waals surface area contributed by atoms with E-state index < -0.39 is 0 Å². The molecular formula is C13H15BrN2O. The highest BCUT2D eigenvalue weighted by Crippen LogP contribution is 2.35. The summed E-state index contributed by atoms with van der Waals surface area (Å²) in [4.78, 5) is 12.1. The molecule has 3 nitrogen and oxygen atoms in total. The van der Waals surface area contributed by atoms with Gasteiger partial charge in [-0.2, -0.15) is 0 Å². The smallest absolute Gasteiger partial charge is 0.243 e. The molecule has 0 unspecified atom stereocenters. The van der Waals surface area contributed by atoms with Crippen LogP contribution in [-0.4, -0.2) is 11.6 Å². The molecule has 1 aromatic rings. The van der Waals surface area contributed by atoms with Crippen molar-refractivity contribution < 1.29 is 4.79 Å². The van der Waals surface area contributed by atoms with Gasteiger partial charge in [0.2, 0.25) is 5.91 Å². The number of rotatable bonds is 1. The number of carbonyl (C=O) groups is 1. The molecular weight excluding hydrogens is 280 g/mol. The van der Waals surface area contributed by atoms with Crippen LogP contribution < -0.4 is 10.6 Å². The number of amides is 1. The van der Waals surface area contributed by atoms with Crippen molar-refractivity contribution in [2.75, 3.05) is 0 Å². The van der Waals surface area contributed by atoms with E-state index in [9.17, 15) is 4.79 Å². The molecule has 0 aromatic heterocycles. The monoisotopic (exact) mass is 294 g/mol. The Bertz CT molecular complexity index is 454. The van der Waals surface area contributed by atoms with Crippen LogP contribution in [0.15, 0.2) is 28.7 Å². The Labute approximate surface area is 109 Å². The van der Waals surface area contributed by atoms with E-state index in [4.69, 9.17) is 0 Å². The van der Waals surface area contributed by atoms with Gasteiger partial charge in [0.1, 0.15) is 6.04 Å². The first-order valence-electron chi connectivity index (χ1n) is 6.04. The number of halogens is 1. The van der Waals surface area contributed by atoms with Crippen LogP contribution in [0.4, 0.5) is 0 Å². The van der Waals surface area contributed by atoms with E-state index in [0.717, 1.165) is 22.9 Å². The summed E-state index contributed by atoms with van der Waals surface area (Å²) in [5.74, 6) is 0.102. The van der Waals surface area contributed by atoms with Crippen molar-refractivity contribution >= 4 is 21.8 Å². The third kappa shape index (κ3) is 2.00. The predicted molar refractivity (Wildman–Crippen MR) is 69.4 cm³/mol. The molecule has 2 N–H and O–H groups in total. The molecule has 4 heteroatoms. The molecule has 1 aromatic carbocycles. The average molecular weight is 295 g/mol. The zero-order valence-electron chi connectivity index (χ0n) is 9.50. The molecule has 1 saturated heterocycles. The molecule has 1 saturated carbocycles. The normalized spacial score (nSPS) is 26.4. The fourth-order valence-corrected chi connectivity index (χ4v) is 3.27. The molecule has 2 fully saturated rings. The zero-order chi connectivity index (χ0) is 11.9. The van der Waals surface area contributed by atoms with Crippen molar-refractivity contribution in [2.45, 2.75) is 37.4 Å². The van der Waals surface area contributed by atoms with Crippen molar-refractivity contribution in [3.63, 3.8) is 0 Å². The Hall–Kier alpha value is -0.870. The highest BCUT2D eigenvalue weighted by atomic mass is 79.9. The standard InChI is InChI=1S/C13H15BrN2O/c14-10-5-3-4-9(8-10)11-12(17)16-13(15-11)6-1-2-7-13/h3-5,8,11,15H,1-2,6-7H2,(H,16,17)/t11-/m0/s1. The van der Waals surface area contributed by atoms with E-state index in [2.05, 4.69) is 26.6 Å². The number of hydrogen-bond donors (Lipinski definition) is 2. The maximum Gasteiger partial charge on any atom is 0.243 e. The lowest BCUT2D eigenvalue weighted by Gasteiger charge is -2.23. The first-order valence-corrected chi connectivity index (χ1v) is 6.83. The molecule has 0 bridgehead atoms. The van der Waals surface area contributed by atoms with Gasteiger partial charge >= 0.3 is 0 Å². The Balaban J connectivity index is 1.87. The molecule has 3 rings (SSSR count). The van der Waals surface area contributed by atoms with E-state index in [1.165, 1.54) is 12.8 Å². The molecule has 1 amide bonds. The molecule has 0 radical (unpaired) electrons. The van der Waals surface area contributed by atoms with Crippen molar-refractivity contribution in [1.82, 2.24) is 10.6 Å². The Morgan fingerprint density at radius 2 is 2.06 bits per heavy atom. The van der Waals surface area contributed by atoms with Crippen LogP contribution in [-0.2, 0) is 4.79 Å². The lowest BCUT2D eigenvalue weighted by atomic mass is 10.1. The SMILES string of the molecule is O=C1NC2(CCCC2)N[C@H]1c1cccc(Br)c1. The lowest BCUT2D eigenvalue weighted by molar-refractivity contribution is -0.121. The van der Waals surface area contributed by atoms with Gasteiger partial charge in [-0.15, -0.1) is 0 Å². The summed E-state index contributed by atoms with van der Waals surface area (Å²) in [6, 6.07) is 7.74. The number of hydrogen-bond acceptors (Lipinski definition) is 2. The molecule has 2 aliphatic rings. The summed E-state index contributed by atoms with van der Waals surface area (Å²) in [6.07, 6.45) is 4.48. The van der Waals surface area contributed by atoms with Gasteiger partial charge in [-0.25, -0.2) is 0 Å². The molecule has 1 spiro atoms. The molecule has 1 heterocycles. The summed E-state index contributed by atoms with van der Waals surface area (Å²) in [5.41, 5.74) is 0.894. The number of nitrogens with one attached hydrogen (secondary N) is 2.